The van der Waals surface area contributed by atoms with Gasteiger partial charge in [-0.1, -0.05) is 12.1 Å². The first-order valence-corrected chi connectivity index (χ1v) is 10.3. The first-order chi connectivity index (χ1) is 13.8. The SMILES string of the molecule is CC(OC(=O)CCC(=O)c1ccc2c(c1)CCC2)C(=O)Nc1sccc1C(N)=O. The number of amides is 2. The molecule has 3 rings (SSSR count). The van der Waals surface area contributed by atoms with E-state index in [9.17, 15) is 19.2 Å². The molecule has 0 spiro atoms. The lowest BCUT2D eigenvalue weighted by molar-refractivity contribution is -0.153. The van der Waals surface area contributed by atoms with Gasteiger partial charge in [0.15, 0.2) is 11.9 Å². The number of carbonyl (C=O) groups is 4. The highest BCUT2D eigenvalue weighted by molar-refractivity contribution is 7.14. The van der Waals surface area contributed by atoms with Gasteiger partial charge in [-0.3, -0.25) is 19.2 Å². The van der Waals surface area contributed by atoms with Gasteiger partial charge in [0, 0.05) is 12.0 Å². The lowest BCUT2D eigenvalue weighted by Crippen LogP contribution is -2.30. The van der Waals surface area contributed by atoms with Crippen LogP contribution in [0.5, 0.6) is 0 Å². The Hall–Kier alpha value is -3.00. The largest absolute Gasteiger partial charge is 0.453 e. The second-order valence-electron chi connectivity index (χ2n) is 6.91. The molecule has 1 aromatic carbocycles. The second-order valence-corrected chi connectivity index (χ2v) is 7.83. The van der Waals surface area contributed by atoms with Gasteiger partial charge in [-0.05, 0) is 54.8 Å². The molecule has 1 aromatic heterocycles. The van der Waals surface area contributed by atoms with E-state index in [1.54, 1.807) is 11.4 Å². The normalized spacial score (nSPS) is 13.4. The highest BCUT2D eigenvalue weighted by Gasteiger charge is 2.21. The number of esters is 1. The van der Waals surface area contributed by atoms with Gasteiger partial charge in [0.1, 0.15) is 5.00 Å². The third-order valence-electron chi connectivity index (χ3n) is 4.82. The van der Waals surface area contributed by atoms with Crippen LogP contribution >= 0.6 is 11.3 Å². The fraction of sp³-hybridized carbons (Fsp3) is 0.333. The van der Waals surface area contributed by atoms with E-state index in [1.165, 1.54) is 24.1 Å². The van der Waals surface area contributed by atoms with E-state index in [1.807, 2.05) is 12.1 Å². The number of primary amides is 1. The van der Waals surface area contributed by atoms with Crippen LogP contribution in [-0.2, 0) is 27.2 Å². The maximum absolute atomic E-state index is 12.4. The summed E-state index contributed by atoms with van der Waals surface area (Å²) in [7, 11) is 0. The van der Waals surface area contributed by atoms with Crippen LogP contribution in [0.3, 0.4) is 0 Å². The molecule has 1 unspecified atom stereocenters. The number of anilines is 1. The van der Waals surface area contributed by atoms with E-state index in [4.69, 9.17) is 10.5 Å². The van der Waals surface area contributed by atoms with E-state index < -0.39 is 23.9 Å². The first kappa shape index (κ1) is 20.7. The number of Topliss-reactive ketones (excluding diaryl/α,β-unsaturated/α-hetero) is 1. The number of ketones is 1. The molecule has 0 saturated heterocycles. The van der Waals surface area contributed by atoms with Crippen LogP contribution in [0.15, 0.2) is 29.6 Å². The van der Waals surface area contributed by atoms with Crippen LogP contribution in [0.2, 0.25) is 0 Å². The zero-order valence-corrected chi connectivity index (χ0v) is 16.8. The van der Waals surface area contributed by atoms with Crippen LogP contribution < -0.4 is 11.1 Å². The summed E-state index contributed by atoms with van der Waals surface area (Å²) in [5, 5.41) is 4.45. The zero-order chi connectivity index (χ0) is 21.0. The lowest BCUT2D eigenvalue weighted by Gasteiger charge is -2.13. The van der Waals surface area contributed by atoms with Crippen LogP contribution in [-0.4, -0.2) is 29.7 Å². The molecule has 2 amide bonds. The van der Waals surface area contributed by atoms with Gasteiger partial charge < -0.3 is 15.8 Å². The number of benzene rings is 1. The van der Waals surface area contributed by atoms with Gasteiger partial charge >= 0.3 is 5.97 Å². The molecule has 152 valence electrons. The molecule has 1 aliphatic carbocycles. The van der Waals surface area contributed by atoms with Crippen molar-refractivity contribution in [1.29, 1.82) is 0 Å². The molecule has 7 nitrogen and oxygen atoms in total. The minimum absolute atomic E-state index is 0.0166. The van der Waals surface area contributed by atoms with Crippen LogP contribution in [0.25, 0.3) is 0 Å². The van der Waals surface area contributed by atoms with Crippen LogP contribution in [0.4, 0.5) is 5.00 Å². The molecular formula is C21H22N2O5S. The Balaban J connectivity index is 1.48. The summed E-state index contributed by atoms with van der Waals surface area (Å²) >= 11 is 1.14. The molecule has 29 heavy (non-hydrogen) atoms. The fourth-order valence-electron chi connectivity index (χ4n) is 3.23. The van der Waals surface area contributed by atoms with Crippen molar-refractivity contribution in [3.8, 4) is 0 Å². The van der Waals surface area contributed by atoms with Crippen molar-refractivity contribution in [2.75, 3.05) is 5.32 Å². The minimum atomic E-state index is -1.07. The molecular weight excluding hydrogens is 392 g/mol. The van der Waals surface area contributed by atoms with Gasteiger partial charge in [-0.15, -0.1) is 11.3 Å². The Morgan fingerprint density at radius 1 is 1.14 bits per heavy atom. The first-order valence-electron chi connectivity index (χ1n) is 9.38. The van der Waals surface area contributed by atoms with Crippen molar-refractivity contribution >= 4 is 39.9 Å². The Labute approximate surface area is 172 Å². The number of carbonyl (C=O) groups excluding carboxylic acids is 4. The molecule has 1 atom stereocenters. The Morgan fingerprint density at radius 3 is 2.66 bits per heavy atom. The molecule has 1 aliphatic rings. The summed E-state index contributed by atoms with van der Waals surface area (Å²) in [4.78, 5) is 47.9. The third kappa shape index (κ3) is 5.08. The van der Waals surface area contributed by atoms with E-state index >= 15 is 0 Å². The van der Waals surface area contributed by atoms with E-state index in [0.29, 0.717) is 10.6 Å². The summed E-state index contributed by atoms with van der Waals surface area (Å²) in [6.45, 7) is 1.42. The summed E-state index contributed by atoms with van der Waals surface area (Å²) in [5.41, 5.74) is 8.52. The highest BCUT2D eigenvalue weighted by Crippen LogP contribution is 2.24. The average Bonchev–Trinajstić information content (AvgIpc) is 3.34. The highest BCUT2D eigenvalue weighted by atomic mass is 32.1. The number of fused-ring (bicyclic) bond motifs is 1. The topological polar surface area (TPSA) is 116 Å². The summed E-state index contributed by atoms with van der Waals surface area (Å²) in [5.74, 6) is -1.99. The molecule has 2 aromatic rings. The number of ether oxygens (including phenoxy) is 1. The molecule has 0 radical (unpaired) electrons. The smallest absolute Gasteiger partial charge is 0.307 e. The molecule has 1 heterocycles. The predicted molar refractivity (Wildman–Crippen MR) is 109 cm³/mol. The maximum Gasteiger partial charge on any atom is 0.307 e. The number of hydrogen-bond acceptors (Lipinski definition) is 6. The van der Waals surface area contributed by atoms with Crippen molar-refractivity contribution in [2.45, 2.75) is 45.1 Å². The summed E-state index contributed by atoms with van der Waals surface area (Å²) < 4.78 is 5.11. The Bertz CT molecular complexity index is 966. The molecule has 0 bridgehead atoms. The monoisotopic (exact) mass is 414 g/mol. The van der Waals surface area contributed by atoms with Gasteiger partial charge in [0.2, 0.25) is 0 Å². The Morgan fingerprint density at radius 2 is 1.90 bits per heavy atom. The standard InChI is InChI=1S/C21H22N2O5S/c1-12(20(27)23-21-16(19(22)26)9-10-29-21)28-18(25)8-7-17(24)15-6-5-13-3-2-4-14(13)11-15/h5-6,9-12H,2-4,7-8H2,1H3,(H2,22,26)(H,23,27). The summed E-state index contributed by atoms with van der Waals surface area (Å²) in [6.07, 6.45) is 1.96. The quantitative estimate of drug-likeness (QED) is 0.509. The lowest BCUT2D eigenvalue weighted by atomic mass is 10.0. The van der Waals surface area contributed by atoms with Crippen molar-refractivity contribution in [2.24, 2.45) is 5.73 Å². The van der Waals surface area contributed by atoms with Crippen molar-refractivity contribution in [3.05, 3.63) is 51.9 Å². The van der Waals surface area contributed by atoms with E-state index in [-0.39, 0.29) is 24.2 Å². The van der Waals surface area contributed by atoms with Crippen molar-refractivity contribution in [1.82, 2.24) is 0 Å². The number of nitrogens with two attached hydrogens (primary N) is 1. The van der Waals surface area contributed by atoms with E-state index in [0.717, 1.165) is 30.6 Å². The van der Waals surface area contributed by atoms with Gasteiger partial charge in [-0.2, -0.15) is 0 Å². The molecule has 8 heteroatoms. The van der Waals surface area contributed by atoms with Gasteiger partial charge in [-0.25, -0.2) is 0 Å². The Kier molecular flexibility index (Phi) is 6.43. The number of hydrogen-bond donors (Lipinski definition) is 2. The minimum Gasteiger partial charge on any atom is -0.453 e. The van der Waals surface area contributed by atoms with Crippen LogP contribution in [0, 0.1) is 0 Å². The molecule has 3 N–H and O–H groups in total. The zero-order valence-electron chi connectivity index (χ0n) is 16.0. The predicted octanol–water partition coefficient (Wildman–Crippen LogP) is 2.87. The molecule has 0 fully saturated rings. The molecule has 0 saturated carbocycles. The number of rotatable bonds is 8. The van der Waals surface area contributed by atoms with E-state index in [2.05, 4.69) is 5.32 Å². The average molecular weight is 414 g/mol. The third-order valence-corrected chi connectivity index (χ3v) is 5.65. The number of thiophene rings is 1. The number of nitrogens with one attached hydrogen (secondary N) is 1. The molecule has 0 aliphatic heterocycles. The number of aryl methyl sites for hydroxylation is 2. The summed E-state index contributed by atoms with van der Waals surface area (Å²) in [6, 6.07) is 7.18. The van der Waals surface area contributed by atoms with Gasteiger partial charge in [0.05, 0.1) is 12.0 Å². The van der Waals surface area contributed by atoms with Crippen LogP contribution in [0.1, 0.15) is 58.0 Å². The second kappa shape index (κ2) is 9.00. The van der Waals surface area contributed by atoms with Crippen molar-refractivity contribution < 1.29 is 23.9 Å². The maximum atomic E-state index is 12.4. The van der Waals surface area contributed by atoms with Gasteiger partial charge in [0.25, 0.3) is 11.8 Å². The fourth-order valence-corrected chi connectivity index (χ4v) is 4.02. The van der Waals surface area contributed by atoms with Crippen molar-refractivity contribution in [3.63, 3.8) is 0 Å².